The van der Waals surface area contributed by atoms with E-state index in [0.29, 0.717) is 27.7 Å². The van der Waals surface area contributed by atoms with Crippen LogP contribution < -0.4 is 16.0 Å². The number of nitrogens with zero attached hydrogens (tertiary/aromatic N) is 1. The summed E-state index contributed by atoms with van der Waals surface area (Å²) in [6.07, 6.45) is 1.43. The summed E-state index contributed by atoms with van der Waals surface area (Å²) in [5, 5.41) is 8.85. The molecule has 1 aromatic heterocycles. The van der Waals surface area contributed by atoms with Crippen LogP contribution >= 0.6 is 11.6 Å². The van der Waals surface area contributed by atoms with Gasteiger partial charge in [-0.25, -0.2) is 4.98 Å². The lowest BCUT2D eigenvalue weighted by Crippen LogP contribution is -2.18. The molecule has 7 nitrogen and oxygen atoms in total. The van der Waals surface area contributed by atoms with Gasteiger partial charge in [0.15, 0.2) is 0 Å². The summed E-state index contributed by atoms with van der Waals surface area (Å²) in [6.45, 7) is 1.71. The number of anilines is 3. The lowest BCUT2D eigenvalue weighted by molar-refractivity contribution is -0.115. The maximum Gasteiger partial charge on any atom is 0.258 e. The molecule has 8 heteroatoms. The number of halogens is 1. The molecule has 0 aliphatic rings. The molecule has 0 fully saturated rings. The van der Waals surface area contributed by atoms with E-state index < -0.39 is 5.91 Å². The number of ketones is 1. The molecule has 0 unspecified atom stereocenters. The van der Waals surface area contributed by atoms with E-state index in [1.807, 2.05) is 0 Å². The zero-order valence-corrected chi connectivity index (χ0v) is 16.9. The predicted molar refractivity (Wildman–Crippen MR) is 117 cm³/mol. The third-order valence-electron chi connectivity index (χ3n) is 4.08. The van der Waals surface area contributed by atoms with Gasteiger partial charge in [0, 0.05) is 17.4 Å². The van der Waals surface area contributed by atoms with Crippen LogP contribution in [0.15, 0.2) is 66.9 Å². The highest BCUT2D eigenvalue weighted by molar-refractivity contribution is 6.30. The molecule has 0 aliphatic carbocycles. The highest BCUT2D eigenvalue weighted by Gasteiger charge is 2.15. The number of nitrogens with one attached hydrogen (secondary N) is 3. The Morgan fingerprint density at radius 1 is 0.900 bits per heavy atom. The van der Waals surface area contributed by atoms with Crippen molar-refractivity contribution in [3.8, 4) is 0 Å². The van der Waals surface area contributed by atoms with Crippen molar-refractivity contribution in [1.29, 1.82) is 0 Å². The van der Waals surface area contributed by atoms with Gasteiger partial charge in [-0.1, -0.05) is 23.7 Å². The van der Waals surface area contributed by atoms with E-state index in [2.05, 4.69) is 20.9 Å². The third-order valence-corrected chi connectivity index (χ3v) is 4.30. The summed E-state index contributed by atoms with van der Waals surface area (Å²) in [5.74, 6) is -0.415. The van der Waals surface area contributed by atoms with Crippen molar-refractivity contribution < 1.29 is 14.4 Å². The summed E-state index contributed by atoms with van der Waals surface area (Å²) in [7, 11) is 0. The predicted octanol–water partition coefficient (Wildman–Crippen LogP) is 4.24. The number of pyridine rings is 1. The molecule has 30 heavy (non-hydrogen) atoms. The van der Waals surface area contributed by atoms with Crippen molar-refractivity contribution in [2.24, 2.45) is 0 Å². The molecule has 0 saturated heterocycles. The molecule has 0 radical (unpaired) electrons. The lowest BCUT2D eigenvalue weighted by atomic mass is 10.1. The van der Waals surface area contributed by atoms with Crippen LogP contribution in [0.5, 0.6) is 0 Å². The Morgan fingerprint density at radius 2 is 1.63 bits per heavy atom. The maximum absolute atomic E-state index is 12.6. The van der Waals surface area contributed by atoms with Gasteiger partial charge in [-0.05, 0) is 55.5 Å². The van der Waals surface area contributed by atoms with Crippen molar-refractivity contribution in [2.75, 3.05) is 22.5 Å². The van der Waals surface area contributed by atoms with Crippen molar-refractivity contribution in [3.05, 3.63) is 83.0 Å². The SMILES string of the molecule is CC(=O)CNc1ccc(C(=O)Nc2ccccc2C(=O)Nc2ccc(Cl)cn2)cc1. The van der Waals surface area contributed by atoms with Gasteiger partial charge in [0.05, 0.1) is 22.8 Å². The number of rotatable bonds is 7. The number of para-hydroxylation sites is 1. The number of aromatic nitrogens is 1. The Labute approximate surface area is 178 Å². The fourth-order valence-corrected chi connectivity index (χ4v) is 2.70. The number of hydrogen-bond acceptors (Lipinski definition) is 5. The Morgan fingerprint density at radius 3 is 2.30 bits per heavy atom. The minimum absolute atomic E-state index is 0.0144. The fourth-order valence-electron chi connectivity index (χ4n) is 2.58. The fraction of sp³-hybridized carbons (Fsp3) is 0.0909. The molecular weight excluding hydrogens is 404 g/mol. The van der Waals surface area contributed by atoms with Gasteiger partial charge in [-0.3, -0.25) is 14.4 Å². The van der Waals surface area contributed by atoms with Gasteiger partial charge in [-0.2, -0.15) is 0 Å². The summed E-state index contributed by atoms with van der Waals surface area (Å²) in [5.41, 5.74) is 1.81. The van der Waals surface area contributed by atoms with Crippen molar-refractivity contribution in [1.82, 2.24) is 4.98 Å². The topological polar surface area (TPSA) is 100 Å². The smallest absolute Gasteiger partial charge is 0.258 e. The van der Waals surface area contributed by atoms with E-state index in [1.54, 1.807) is 60.7 Å². The number of Topliss-reactive ketones (excluding diaryl/α,β-unsaturated/α-hetero) is 1. The first-order valence-corrected chi connectivity index (χ1v) is 9.47. The monoisotopic (exact) mass is 422 g/mol. The lowest BCUT2D eigenvalue weighted by Gasteiger charge is -2.12. The number of benzene rings is 2. The van der Waals surface area contributed by atoms with Gasteiger partial charge in [0.25, 0.3) is 11.8 Å². The van der Waals surface area contributed by atoms with Crippen LogP contribution in [0, 0.1) is 0 Å². The Kier molecular flexibility index (Phi) is 6.77. The summed E-state index contributed by atoms with van der Waals surface area (Å²) < 4.78 is 0. The Hall–Kier alpha value is -3.71. The number of amides is 2. The summed E-state index contributed by atoms with van der Waals surface area (Å²) >= 11 is 5.81. The van der Waals surface area contributed by atoms with Crippen LogP contribution in [0.3, 0.4) is 0 Å². The van der Waals surface area contributed by atoms with E-state index in [0.717, 1.165) is 5.69 Å². The molecule has 3 aromatic rings. The first kappa shape index (κ1) is 21.0. The van der Waals surface area contributed by atoms with E-state index in [1.165, 1.54) is 13.1 Å². The van der Waals surface area contributed by atoms with E-state index in [4.69, 9.17) is 11.6 Å². The molecule has 1 heterocycles. The average molecular weight is 423 g/mol. The minimum Gasteiger partial charge on any atom is -0.378 e. The second-order valence-corrected chi connectivity index (χ2v) is 6.88. The van der Waals surface area contributed by atoms with Crippen LogP contribution in [0.1, 0.15) is 27.6 Å². The van der Waals surface area contributed by atoms with Crippen LogP contribution in [0.25, 0.3) is 0 Å². The molecule has 3 rings (SSSR count). The third kappa shape index (κ3) is 5.65. The molecule has 3 N–H and O–H groups in total. The minimum atomic E-state index is -0.412. The molecule has 152 valence electrons. The van der Waals surface area contributed by atoms with Crippen molar-refractivity contribution in [2.45, 2.75) is 6.92 Å². The number of carbonyl (C=O) groups excluding carboxylic acids is 3. The largest absolute Gasteiger partial charge is 0.378 e. The van der Waals surface area contributed by atoms with E-state index >= 15 is 0 Å². The average Bonchev–Trinajstić information content (AvgIpc) is 2.74. The Balaban J connectivity index is 1.70. The first-order chi connectivity index (χ1) is 14.4. The van der Waals surface area contributed by atoms with Crippen LogP contribution in [0.2, 0.25) is 5.02 Å². The van der Waals surface area contributed by atoms with Gasteiger partial charge in [0.2, 0.25) is 0 Å². The van der Waals surface area contributed by atoms with Crippen LogP contribution in [-0.2, 0) is 4.79 Å². The second-order valence-electron chi connectivity index (χ2n) is 6.45. The van der Waals surface area contributed by atoms with Gasteiger partial charge >= 0.3 is 0 Å². The molecule has 0 bridgehead atoms. The first-order valence-electron chi connectivity index (χ1n) is 9.09. The molecule has 2 aromatic carbocycles. The van der Waals surface area contributed by atoms with Crippen molar-refractivity contribution in [3.63, 3.8) is 0 Å². The highest BCUT2D eigenvalue weighted by atomic mass is 35.5. The number of carbonyl (C=O) groups is 3. The molecule has 0 aliphatic heterocycles. The highest BCUT2D eigenvalue weighted by Crippen LogP contribution is 2.19. The van der Waals surface area contributed by atoms with E-state index in [-0.39, 0.29) is 18.2 Å². The molecule has 0 spiro atoms. The zero-order chi connectivity index (χ0) is 21.5. The maximum atomic E-state index is 12.6. The van der Waals surface area contributed by atoms with Gasteiger partial charge in [-0.15, -0.1) is 0 Å². The van der Waals surface area contributed by atoms with Gasteiger partial charge < -0.3 is 16.0 Å². The quantitative estimate of drug-likeness (QED) is 0.528. The zero-order valence-electron chi connectivity index (χ0n) is 16.1. The second kappa shape index (κ2) is 9.67. The normalized spacial score (nSPS) is 10.2. The molecular formula is C22H19ClN4O3. The summed E-state index contributed by atoms with van der Waals surface area (Å²) in [6, 6.07) is 16.6. The summed E-state index contributed by atoms with van der Waals surface area (Å²) in [4.78, 5) is 40.3. The number of hydrogen-bond donors (Lipinski definition) is 3. The van der Waals surface area contributed by atoms with Crippen molar-refractivity contribution >= 4 is 46.4 Å². The molecule has 0 atom stereocenters. The van der Waals surface area contributed by atoms with E-state index in [9.17, 15) is 14.4 Å². The Bertz CT molecular complexity index is 1070. The molecule has 2 amide bonds. The molecule has 0 saturated carbocycles. The standard InChI is InChI=1S/C22H19ClN4O3/c1-14(28)12-24-17-9-6-15(7-10-17)21(29)26-19-5-3-2-4-18(19)22(30)27-20-11-8-16(23)13-25-20/h2-11,13,24H,12H2,1H3,(H,26,29)(H,25,27,30). The van der Waals surface area contributed by atoms with Gasteiger partial charge in [0.1, 0.15) is 11.6 Å². The van der Waals surface area contributed by atoms with Crippen LogP contribution in [-0.4, -0.2) is 29.1 Å². The van der Waals surface area contributed by atoms with Crippen LogP contribution in [0.4, 0.5) is 17.2 Å².